The molecule has 0 unspecified atom stereocenters. The van der Waals surface area contributed by atoms with Crippen LogP contribution in [-0.2, 0) is 17.8 Å². The number of anilines is 1. The molecule has 1 aromatic heterocycles. The zero-order valence-corrected chi connectivity index (χ0v) is 11.7. The molecule has 3 rings (SSSR count). The van der Waals surface area contributed by atoms with Crippen molar-refractivity contribution in [2.75, 3.05) is 18.7 Å². The molecule has 1 aliphatic rings. The molecule has 0 amide bonds. The monoisotopic (exact) mass is 300 g/mol. The van der Waals surface area contributed by atoms with E-state index in [2.05, 4.69) is 15.3 Å². The molecule has 1 aliphatic heterocycles. The predicted octanol–water partition coefficient (Wildman–Crippen LogP) is 2.01. The third-order valence-electron chi connectivity index (χ3n) is 3.24. The van der Waals surface area contributed by atoms with E-state index in [0.717, 1.165) is 5.56 Å². The molecule has 0 spiro atoms. The largest absolute Gasteiger partial charge is 0.467 e. The van der Waals surface area contributed by atoms with E-state index in [1.807, 2.05) is 6.07 Å². The molecule has 0 atom stereocenters. The van der Waals surface area contributed by atoms with Crippen molar-refractivity contribution in [2.45, 2.75) is 13.0 Å². The van der Waals surface area contributed by atoms with Gasteiger partial charge in [0.15, 0.2) is 18.3 Å². The normalized spacial score (nSPS) is 12.9. The lowest BCUT2D eigenvalue weighted by Gasteiger charge is -2.21. The fourth-order valence-electron chi connectivity index (χ4n) is 2.31. The Bertz CT molecular complexity index is 730. The number of nitrogens with one attached hydrogen (secondary N) is 1. The highest BCUT2D eigenvalue weighted by Crippen LogP contribution is 2.29. The van der Waals surface area contributed by atoms with Crippen LogP contribution in [0.5, 0.6) is 5.75 Å². The van der Waals surface area contributed by atoms with Crippen molar-refractivity contribution in [3.05, 3.63) is 47.2 Å². The van der Waals surface area contributed by atoms with E-state index in [4.69, 9.17) is 14.7 Å². The number of rotatable bonds is 4. The van der Waals surface area contributed by atoms with Crippen LogP contribution in [0.3, 0.4) is 0 Å². The predicted molar refractivity (Wildman–Crippen MR) is 75.6 cm³/mol. The first-order valence-corrected chi connectivity index (χ1v) is 6.75. The molecular formula is C15H13FN4O2. The van der Waals surface area contributed by atoms with Gasteiger partial charge in [-0.15, -0.1) is 0 Å². The third-order valence-corrected chi connectivity index (χ3v) is 3.24. The minimum Gasteiger partial charge on any atom is -0.467 e. The lowest BCUT2D eigenvalue weighted by molar-refractivity contribution is -0.0172. The number of nitriles is 1. The van der Waals surface area contributed by atoms with Crippen LogP contribution in [0.2, 0.25) is 0 Å². The van der Waals surface area contributed by atoms with Gasteiger partial charge in [0.25, 0.3) is 0 Å². The van der Waals surface area contributed by atoms with Crippen molar-refractivity contribution in [3.63, 3.8) is 0 Å². The summed E-state index contributed by atoms with van der Waals surface area (Å²) in [6.07, 6.45) is 3.50. The number of hydrogen-bond acceptors (Lipinski definition) is 6. The van der Waals surface area contributed by atoms with Gasteiger partial charge in [-0.25, -0.2) is 14.4 Å². The molecular weight excluding hydrogens is 287 g/mol. The van der Waals surface area contributed by atoms with Gasteiger partial charge in [0, 0.05) is 24.5 Å². The van der Waals surface area contributed by atoms with Gasteiger partial charge in [-0.1, -0.05) is 0 Å². The van der Waals surface area contributed by atoms with Gasteiger partial charge in [-0.05, 0) is 24.1 Å². The van der Waals surface area contributed by atoms with E-state index >= 15 is 0 Å². The minimum atomic E-state index is -0.319. The molecule has 0 saturated heterocycles. The van der Waals surface area contributed by atoms with Crippen LogP contribution < -0.4 is 10.1 Å². The summed E-state index contributed by atoms with van der Waals surface area (Å²) in [5.74, 6) is 0.772. The third kappa shape index (κ3) is 2.97. The minimum absolute atomic E-state index is 0.168. The van der Waals surface area contributed by atoms with Crippen LogP contribution >= 0.6 is 0 Å². The van der Waals surface area contributed by atoms with Crippen LogP contribution in [0.1, 0.15) is 16.8 Å². The Morgan fingerprint density at radius 3 is 3.05 bits per heavy atom. The second-order valence-corrected chi connectivity index (χ2v) is 4.71. The molecule has 1 N–H and O–H groups in total. The molecule has 112 valence electrons. The van der Waals surface area contributed by atoms with E-state index < -0.39 is 0 Å². The van der Waals surface area contributed by atoms with Gasteiger partial charge in [-0.2, -0.15) is 5.26 Å². The van der Waals surface area contributed by atoms with Gasteiger partial charge in [-0.3, -0.25) is 0 Å². The topological polar surface area (TPSA) is 80.1 Å². The lowest BCUT2D eigenvalue weighted by atomic mass is 10.1. The number of fused-ring (bicyclic) bond motifs is 1. The van der Waals surface area contributed by atoms with Crippen molar-refractivity contribution in [1.82, 2.24) is 9.97 Å². The highest BCUT2D eigenvalue weighted by Gasteiger charge is 2.16. The molecule has 22 heavy (non-hydrogen) atoms. The second kappa shape index (κ2) is 6.37. The molecule has 0 bridgehead atoms. The van der Waals surface area contributed by atoms with Crippen LogP contribution in [0.25, 0.3) is 0 Å². The average Bonchev–Trinajstić information content (AvgIpc) is 2.55. The second-order valence-electron chi connectivity index (χ2n) is 4.71. The Hall–Kier alpha value is -2.72. The summed E-state index contributed by atoms with van der Waals surface area (Å²) < 4.78 is 24.2. The number of nitrogens with zero attached hydrogens (tertiary/aromatic N) is 3. The summed E-state index contributed by atoms with van der Waals surface area (Å²) in [4.78, 5) is 7.98. The maximum absolute atomic E-state index is 13.6. The first-order chi connectivity index (χ1) is 10.8. The van der Waals surface area contributed by atoms with E-state index in [1.54, 1.807) is 0 Å². The van der Waals surface area contributed by atoms with Crippen LogP contribution in [0.15, 0.2) is 24.5 Å². The number of halogens is 1. The quantitative estimate of drug-likeness (QED) is 0.930. The van der Waals surface area contributed by atoms with Crippen LogP contribution in [-0.4, -0.2) is 23.3 Å². The molecule has 0 radical (unpaired) electrons. The lowest BCUT2D eigenvalue weighted by Crippen LogP contribution is -2.15. The van der Waals surface area contributed by atoms with Crippen molar-refractivity contribution in [3.8, 4) is 11.8 Å². The zero-order chi connectivity index (χ0) is 15.4. The van der Waals surface area contributed by atoms with E-state index in [1.165, 1.54) is 24.5 Å². The Balaban J connectivity index is 1.72. The molecule has 2 heterocycles. The molecule has 6 nitrogen and oxygen atoms in total. The first kappa shape index (κ1) is 14.2. The Kier molecular flexibility index (Phi) is 4.12. The van der Waals surface area contributed by atoms with E-state index in [0.29, 0.717) is 36.7 Å². The average molecular weight is 300 g/mol. The summed E-state index contributed by atoms with van der Waals surface area (Å²) in [7, 11) is 0. The van der Waals surface area contributed by atoms with Crippen LogP contribution in [0, 0.1) is 17.1 Å². The fourth-order valence-corrected chi connectivity index (χ4v) is 2.31. The summed E-state index contributed by atoms with van der Waals surface area (Å²) in [5, 5.41) is 12.0. The number of aromatic nitrogens is 2. The summed E-state index contributed by atoms with van der Waals surface area (Å²) in [6.45, 7) is 0.992. The molecule has 1 aromatic carbocycles. The SMILES string of the molecule is N#Cc1nccnc1NCCc1cc(F)cc2c1OCOC2. The molecule has 0 fully saturated rings. The van der Waals surface area contributed by atoms with Gasteiger partial charge < -0.3 is 14.8 Å². The van der Waals surface area contributed by atoms with Crippen molar-refractivity contribution < 1.29 is 13.9 Å². The number of ether oxygens (including phenoxy) is 2. The van der Waals surface area contributed by atoms with Crippen molar-refractivity contribution in [1.29, 1.82) is 5.26 Å². The highest BCUT2D eigenvalue weighted by atomic mass is 19.1. The van der Waals surface area contributed by atoms with Crippen LogP contribution in [0.4, 0.5) is 10.2 Å². The van der Waals surface area contributed by atoms with Gasteiger partial charge >= 0.3 is 0 Å². The molecule has 7 heteroatoms. The summed E-state index contributed by atoms with van der Waals surface area (Å²) in [6, 6.07) is 4.84. The number of benzene rings is 1. The fraction of sp³-hybridized carbons (Fsp3) is 0.267. The van der Waals surface area contributed by atoms with Gasteiger partial charge in [0.05, 0.1) is 6.61 Å². The molecule has 2 aromatic rings. The maximum Gasteiger partial charge on any atom is 0.189 e. The maximum atomic E-state index is 13.6. The molecule has 0 aliphatic carbocycles. The molecule has 0 saturated carbocycles. The Morgan fingerprint density at radius 1 is 1.32 bits per heavy atom. The highest BCUT2D eigenvalue weighted by molar-refractivity contribution is 5.47. The van der Waals surface area contributed by atoms with Crippen molar-refractivity contribution in [2.24, 2.45) is 0 Å². The van der Waals surface area contributed by atoms with Crippen molar-refractivity contribution >= 4 is 5.82 Å². The first-order valence-electron chi connectivity index (χ1n) is 6.75. The van der Waals surface area contributed by atoms with E-state index in [9.17, 15) is 4.39 Å². The standard InChI is InChI=1S/C15H13FN4O2/c16-12-5-10(14-11(6-12)8-21-9-22-14)1-2-19-15-13(7-17)18-3-4-20-15/h3-6H,1-2,8-9H2,(H,19,20). The smallest absolute Gasteiger partial charge is 0.189 e. The summed E-state index contributed by atoms with van der Waals surface area (Å²) >= 11 is 0. The number of hydrogen-bond donors (Lipinski definition) is 1. The zero-order valence-electron chi connectivity index (χ0n) is 11.7. The van der Waals surface area contributed by atoms with Gasteiger partial charge in [0.1, 0.15) is 17.6 Å². The summed E-state index contributed by atoms with van der Waals surface area (Å²) in [5.41, 5.74) is 1.69. The Labute approximate surface area is 126 Å². The van der Waals surface area contributed by atoms with Gasteiger partial charge in [0.2, 0.25) is 0 Å². The van der Waals surface area contributed by atoms with E-state index in [-0.39, 0.29) is 18.3 Å². The Morgan fingerprint density at radius 2 is 2.18 bits per heavy atom.